The first kappa shape index (κ1) is 16.3. The van der Waals surface area contributed by atoms with Crippen molar-refractivity contribution in [1.82, 2.24) is 4.98 Å². The van der Waals surface area contributed by atoms with E-state index in [-0.39, 0.29) is 17.3 Å². The molecule has 116 valence electrons. The number of halogens is 1. The van der Waals surface area contributed by atoms with Crippen LogP contribution in [-0.4, -0.2) is 23.8 Å². The number of aromatic nitrogens is 1. The standard InChI is InChI=1S/C17H18ClNO3/c1-9(2)15-14(13(10(3)19-15)17(21)22-4)16(20)11-7-5-6-8-12(11)18/h5-9,19H,1-4H3. The molecule has 0 saturated heterocycles. The lowest BCUT2D eigenvalue weighted by Gasteiger charge is -2.09. The summed E-state index contributed by atoms with van der Waals surface area (Å²) >= 11 is 6.13. The molecule has 2 rings (SSSR count). The van der Waals surface area contributed by atoms with Crippen LogP contribution in [0.3, 0.4) is 0 Å². The summed E-state index contributed by atoms with van der Waals surface area (Å²) in [6, 6.07) is 6.80. The Balaban J connectivity index is 2.70. The smallest absolute Gasteiger partial charge is 0.340 e. The fraction of sp³-hybridized carbons (Fsp3) is 0.294. The van der Waals surface area contributed by atoms with E-state index in [9.17, 15) is 9.59 Å². The van der Waals surface area contributed by atoms with Crippen molar-refractivity contribution in [3.05, 3.63) is 57.4 Å². The van der Waals surface area contributed by atoms with Gasteiger partial charge in [0, 0.05) is 17.0 Å². The summed E-state index contributed by atoms with van der Waals surface area (Å²) in [5, 5.41) is 0.358. The first-order chi connectivity index (χ1) is 10.4. The lowest BCUT2D eigenvalue weighted by molar-refractivity contribution is 0.0597. The highest BCUT2D eigenvalue weighted by Gasteiger charge is 2.29. The number of hydrogen-bond donors (Lipinski definition) is 1. The molecular formula is C17H18ClNO3. The number of ether oxygens (including phenoxy) is 1. The van der Waals surface area contributed by atoms with Gasteiger partial charge in [-0.2, -0.15) is 0 Å². The van der Waals surface area contributed by atoms with Crippen LogP contribution in [0.25, 0.3) is 0 Å². The average Bonchev–Trinajstić information content (AvgIpc) is 2.84. The number of aryl methyl sites for hydroxylation is 1. The van der Waals surface area contributed by atoms with Gasteiger partial charge in [0.25, 0.3) is 0 Å². The van der Waals surface area contributed by atoms with Crippen LogP contribution in [0.4, 0.5) is 0 Å². The highest BCUT2D eigenvalue weighted by molar-refractivity contribution is 6.35. The number of H-pyrrole nitrogens is 1. The van der Waals surface area contributed by atoms with Gasteiger partial charge in [-0.25, -0.2) is 4.79 Å². The van der Waals surface area contributed by atoms with Gasteiger partial charge in [0.15, 0.2) is 5.78 Å². The average molecular weight is 320 g/mol. The van der Waals surface area contributed by atoms with Crippen molar-refractivity contribution in [1.29, 1.82) is 0 Å². The van der Waals surface area contributed by atoms with Crippen LogP contribution in [0.1, 0.15) is 57.4 Å². The van der Waals surface area contributed by atoms with Crippen LogP contribution >= 0.6 is 11.6 Å². The Morgan fingerprint density at radius 2 is 1.82 bits per heavy atom. The van der Waals surface area contributed by atoms with E-state index in [2.05, 4.69) is 4.98 Å². The number of esters is 1. The molecule has 0 radical (unpaired) electrons. The highest BCUT2D eigenvalue weighted by Crippen LogP contribution is 2.30. The second-order valence-corrected chi connectivity index (χ2v) is 5.78. The second-order valence-electron chi connectivity index (χ2n) is 5.37. The van der Waals surface area contributed by atoms with Crippen molar-refractivity contribution in [3.63, 3.8) is 0 Å². The number of ketones is 1. The maximum Gasteiger partial charge on any atom is 0.340 e. The molecular weight excluding hydrogens is 302 g/mol. The van der Waals surface area contributed by atoms with Gasteiger partial charge in [0.1, 0.15) is 0 Å². The maximum absolute atomic E-state index is 12.9. The third kappa shape index (κ3) is 2.79. The number of nitrogens with one attached hydrogen (secondary N) is 1. The third-order valence-corrected chi connectivity index (χ3v) is 3.86. The van der Waals surface area contributed by atoms with Crippen molar-refractivity contribution >= 4 is 23.4 Å². The van der Waals surface area contributed by atoms with Crippen LogP contribution in [0.5, 0.6) is 0 Å². The molecule has 0 amide bonds. The van der Waals surface area contributed by atoms with E-state index in [1.807, 2.05) is 13.8 Å². The predicted molar refractivity (Wildman–Crippen MR) is 85.8 cm³/mol. The Bertz CT molecular complexity index is 732. The summed E-state index contributed by atoms with van der Waals surface area (Å²) in [6.45, 7) is 5.66. The predicted octanol–water partition coefficient (Wildman–Crippen LogP) is 4.12. The monoisotopic (exact) mass is 319 g/mol. The SMILES string of the molecule is COC(=O)c1c(C)[nH]c(C(C)C)c1C(=O)c1ccccc1Cl. The Morgan fingerprint density at radius 1 is 1.18 bits per heavy atom. The zero-order valence-electron chi connectivity index (χ0n) is 13.0. The number of rotatable bonds is 4. The second kappa shape index (κ2) is 6.36. The van der Waals surface area contributed by atoms with E-state index >= 15 is 0 Å². The molecule has 5 heteroatoms. The minimum atomic E-state index is -0.531. The molecule has 0 aliphatic carbocycles. The van der Waals surface area contributed by atoms with Gasteiger partial charge in [-0.15, -0.1) is 0 Å². The summed E-state index contributed by atoms with van der Waals surface area (Å²) < 4.78 is 4.82. The van der Waals surface area contributed by atoms with Crippen molar-refractivity contribution in [2.45, 2.75) is 26.7 Å². The summed E-state index contributed by atoms with van der Waals surface area (Å²) in [7, 11) is 1.30. The zero-order chi connectivity index (χ0) is 16.4. The fourth-order valence-corrected chi connectivity index (χ4v) is 2.68. The Morgan fingerprint density at radius 3 is 2.36 bits per heavy atom. The van der Waals surface area contributed by atoms with Crippen LogP contribution in [0.2, 0.25) is 5.02 Å². The molecule has 0 aliphatic heterocycles. The molecule has 0 fully saturated rings. The molecule has 0 saturated carbocycles. The molecule has 0 spiro atoms. The van der Waals surface area contributed by atoms with E-state index in [1.165, 1.54) is 7.11 Å². The molecule has 2 aromatic rings. The first-order valence-electron chi connectivity index (χ1n) is 6.98. The van der Waals surface area contributed by atoms with Gasteiger partial charge in [-0.3, -0.25) is 4.79 Å². The van der Waals surface area contributed by atoms with Crippen LogP contribution in [-0.2, 0) is 4.74 Å². The molecule has 4 nitrogen and oxygen atoms in total. The molecule has 1 aromatic heterocycles. The quantitative estimate of drug-likeness (QED) is 0.681. The number of methoxy groups -OCH3 is 1. The van der Waals surface area contributed by atoms with Crippen molar-refractivity contribution in [2.24, 2.45) is 0 Å². The molecule has 1 heterocycles. The topological polar surface area (TPSA) is 59.2 Å². The molecule has 0 atom stereocenters. The van der Waals surface area contributed by atoms with Crippen molar-refractivity contribution < 1.29 is 14.3 Å². The minimum Gasteiger partial charge on any atom is -0.465 e. The summed E-state index contributed by atoms with van der Waals surface area (Å²) in [5.74, 6) is -0.756. The zero-order valence-corrected chi connectivity index (χ0v) is 13.7. The number of benzene rings is 1. The van der Waals surface area contributed by atoms with Crippen molar-refractivity contribution in [3.8, 4) is 0 Å². The Hall–Kier alpha value is -2.07. The van der Waals surface area contributed by atoms with E-state index in [1.54, 1.807) is 31.2 Å². The molecule has 0 unspecified atom stereocenters. The summed E-state index contributed by atoms with van der Waals surface area (Å²) in [5.41, 5.74) is 2.31. The minimum absolute atomic E-state index is 0.0542. The first-order valence-corrected chi connectivity index (χ1v) is 7.36. The molecule has 0 aliphatic rings. The molecule has 1 aromatic carbocycles. The number of carbonyl (C=O) groups is 2. The Kier molecular flexibility index (Phi) is 4.71. The fourth-order valence-electron chi connectivity index (χ4n) is 2.46. The van der Waals surface area contributed by atoms with Gasteiger partial charge >= 0.3 is 5.97 Å². The molecule has 1 N–H and O–H groups in total. The van der Waals surface area contributed by atoms with Crippen LogP contribution in [0, 0.1) is 6.92 Å². The van der Waals surface area contributed by atoms with Crippen LogP contribution < -0.4 is 0 Å². The lowest BCUT2D eigenvalue weighted by atomic mass is 9.95. The number of aromatic amines is 1. The highest BCUT2D eigenvalue weighted by atomic mass is 35.5. The lowest BCUT2D eigenvalue weighted by Crippen LogP contribution is -2.12. The number of carbonyl (C=O) groups excluding carboxylic acids is 2. The van der Waals surface area contributed by atoms with Crippen LogP contribution in [0.15, 0.2) is 24.3 Å². The van der Waals surface area contributed by atoms with E-state index < -0.39 is 5.97 Å². The van der Waals surface area contributed by atoms with Gasteiger partial charge in [0.05, 0.1) is 23.3 Å². The molecule has 0 bridgehead atoms. The van der Waals surface area contributed by atoms with E-state index in [0.717, 1.165) is 0 Å². The van der Waals surface area contributed by atoms with Gasteiger partial charge in [-0.05, 0) is 25.0 Å². The van der Waals surface area contributed by atoms with Gasteiger partial charge in [0.2, 0.25) is 0 Å². The summed E-state index contributed by atoms with van der Waals surface area (Å²) in [6.07, 6.45) is 0. The maximum atomic E-state index is 12.9. The largest absolute Gasteiger partial charge is 0.465 e. The molecule has 22 heavy (non-hydrogen) atoms. The van der Waals surface area contributed by atoms with Gasteiger partial charge < -0.3 is 9.72 Å². The van der Waals surface area contributed by atoms with Crippen molar-refractivity contribution in [2.75, 3.05) is 7.11 Å². The van der Waals surface area contributed by atoms with E-state index in [0.29, 0.717) is 27.5 Å². The Labute approximate surface area is 134 Å². The third-order valence-electron chi connectivity index (χ3n) is 3.53. The van der Waals surface area contributed by atoms with E-state index in [4.69, 9.17) is 16.3 Å². The normalized spacial score (nSPS) is 10.8. The summed E-state index contributed by atoms with van der Waals surface area (Å²) in [4.78, 5) is 28.2. The number of hydrogen-bond acceptors (Lipinski definition) is 3. The van der Waals surface area contributed by atoms with Gasteiger partial charge in [-0.1, -0.05) is 37.6 Å².